The third kappa shape index (κ3) is 3.58. The van der Waals surface area contributed by atoms with Gasteiger partial charge in [0.05, 0.1) is 5.92 Å². The van der Waals surface area contributed by atoms with Gasteiger partial charge < -0.3 is 11.1 Å². The van der Waals surface area contributed by atoms with Gasteiger partial charge in [-0.15, -0.1) is 0 Å². The molecule has 4 rings (SSSR count). The van der Waals surface area contributed by atoms with Gasteiger partial charge in [-0.2, -0.15) is 0 Å². The van der Waals surface area contributed by atoms with Gasteiger partial charge in [-0.25, -0.2) is 4.39 Å². The second-order valence-electron chi connectivity index (χ2n) is 8.12. The van der Waals surface area contributed by atoms with E-state index in [9.17, 15) is 9.18 Å². The van der Waals surface area contributed by atoms with Crippen LogP contribution in [0.25, 0.3) is 0 Å². The number of nitrogens with one attached hydrogen (secondary N) is 1. The predicted molar refractivity (Wildman–Crippen MR) is 95.1 cm³/mol. The van der Waals surface area contributed by atoms with Crippen molar-refractivity contribution in [3.05, 3.63) is 35.6 Å². The number of hydrogen-bond acceptors (Lipinski definition) is 3. The van der Waals surface area contributed by atoms with Crippen LogP contribution in [-0.4, -0.2) is 36.0 Å². The molecule has 5 heteroatoms. The van der Waals surface area contributed by atoms with Gasteiger partial charge >= 0.3 is 0 Å². The van der Waals surface area contributed by atoms with Crippen LogP contribution in [0.4, 0.5) is 4.39 Å². The van der Waals surface area contributed by atoms with E-state index in [1.165, 1.54) is 25.0 Å². The normalized spacial score (nSPS) is 32.9. The highest BCUT2D eigenvalue weighted by atomic mass is 19.1. The quantitative estimate of drug-likeness (QED) is 0.880. The zero-order chi connectivity index (χ0) is 17.4. The number of amides is 1. The summed E-state index contributed by atoms with van der Waals surface area (Å²) in [5, 5.41) is 3.27. The molecule has 4 nitrogen and oxygen atoms in total. The van der Waals surface area contributed by atoms with Gasteiger partial charge in [-0.1, -0.05) is 12.1 Å². The molecule has 3 aliphatic rings. The summed E-state index contributed by atoms with van der Waals surface area (Å²) in [5.41, 5.74) is 7.43. The van der Waals surface area contributed by atoms with Gasteiger partial charge in [0, 0.05) is 31.7 Å². The Morgan fingerprint density at radius 2 is 1.80 bits per heavy atom. The summed E-state index contributed by atoms with van der Waals surface area (Å²) in [5.74, 6) is 1.12. The summed E-state index contributed by atoms with van der Waals surface area (Å²) in [7, 11) is 0. The Morgan fingerprint density at radius 3 is 2.44 bits per heavy atom. The Bertz CT molecular complexity index is 610. The number of fused-ring (bicyclic) bond motifs is 2. The first-order valence-electron chi connectivity index (χ1n) is 9.63. The molecule has 136 valence electrons. The first kappa shape index (κ1) is 17.0. The molecular formula is C20H28FN3O. The largest absolute Gasteiger partial charge is 0.353 e. The lowest BCUT2D eigenvalue weighted by Gasteiger charge is -2.34. The number of hydrogen-bond donors (Lipinski definition) is 2. The molecule has 2 saturated carbocycles. The summed E-state index contributed by atoms with van der Waals surface area (Å²) in [6, 6.07) is 7.06. The summed E-state index contributed by atoms with van der Waals surface area (Å²) in [6.07, 6.45) is 5.48. The first-order chi connectivity index (χ1) is 12.1. The predicted octanol–water partition coefficient (Wildman–Crippen LogP) is 2.28. The molecule has 1 aromatic rings. The second-order valence-corrected chi connectivity index (χ2v) is 8.12. The average molecular weight is 345 g/mol. The highest BCUT2D eigenvalue weighted by molar-refractivity contribution is 5.80. The van der Waals surface area contributed by atoms with E-state index in [-0.39, 0.29) is 29.7 Å². The van der Waals surface area contributed by atoms with Crippen molar-refractivity contribution >= 4 is 5.91 Å². The minimum atomic E-state index is -0.191. The lowest BCUT2D eigenvalue weighted by atomic mass is 9.84. The molecule has 0 spiro atoms. The summed E-state index contributed by atoms with van der Waals surface area (Å²) in [4.78, 5) is 15.1. The molecule has 0 aromatic heterocycles. The van der Waals surface area contributed by atoms with E-state index in [4.69, 9.17) is 5.73 Å². The average Bonchev–Trinajstić information content (AvgIpc) is 3.20. The van der Waals surface area contributed by atoms with Crippen LogP contribution in [0, 0.1) is 23.6 Å². The van der Waals surface area contributed by atoms with Crippen molar-refractivity contribution in [3.63, 3.8) is 0 Å². The molecule has 4 unspecified atom stereocenters. The number of carbonyl (C=O) groups excluding carboxylic acids is 1. The molecule has 2 aliphatic carbocycles. The van der Waals surface area contributed by atoms with E-state index >= 15 is 0 Å². The summed E-state index contributed by atoms with van der Waals surface area (Å²) in [6.45, 7) is 2.77. The molecule has 3 fully saturated rings. The van der Waals surface area contributed by atoms with E-state index in [1.54, 1.807) is 0 Å². The molecule has 2 bridgehead atoms. The number of likely N-dealkylation sites (tertiary alicyclic amines) is 1. The van der Waals surface area contributed by atoms with Crippen LogP contribution in [0.1, 0.15) is 37.7 Å². The number of benzene rings is 1. The van der Waals surface area contributed by atoms with E-state index in [1.807, 2.05) is 12.1 Å². The molecule has 25 heavy (non-hydrogen) atoms. The Hall–Kier alpha value is -1.46. The number of piperidine rings is 1. The maximum absolute atomic E-state index is 13.0. The monoisotopic (exact) mass is 345 g/mol. The summed E-state index contributed by atoms with van der Waals surface area (Å²) >= 11 is 0. The topological polar surface area (TPSA) is 58.4 Å². The number of halogens is 1. The molecule has 0 radical (unpaired) electrons. The van der Waals surface area contributed by atoms with Crippen LogP contribution in [0.5, 0.6) is 0 Å². The smallest absolute Gasteiger partial charge is 0.225 e. The second kappa shape index (κ2) is 7.04. The molecule has 1 saturated heterocycles. The van der Waals surface area contributed by atoms with Crippen LogP contribution in [0.15, 0.2) is 24.3 Å². The van der Waals surface area contributed by atoms with Gasteiger partial charge in [0.2, 0.25) is 5.91 Å². The van der Waals surface area contributed by atoms with Crippen molar-refractivity contribution in [1.29, 1.82) is 0 Å². The van der Waals surface area contributed by atoms with E-state index in [0.717, 1.165) is 44.5 Å². The Morgan fingerprint density at radius 1 is 1.12 bits per heavy atom. The van der Waals surface area contributed by atoms with E-state index in [0.29, 0.717) is 11.8 Å². The molecular weight excluding hydrogens is 317 g/mol. The van der Waals surface area contributed by atoms with Crippen LogP contribution in [0.2, 0.25) is 0 Å². The fraction of sp³-hybridized carbons (Fsp3) is 0.650. The van der Waals surface area contributed by atoms with Crippen molar-refractivity contribution in [1.82, 2.24) is 10.2 Å². The Balaban J connectivity index is 1.25. The Labute approximate surface area is 148 Å². The molecule has 1 amide bonds. The maximum Gasteiger partial charge on any atom is 0.225 e. The van der Waals surface area contributed by atoms with Crippen LogP contribution in [-0.2, 0) is 11.3 Å². The number of carbonyl (C=O) groups is 1. The van der Waals surface area contributed by atoms with Crippen molar-refractivity contribution in [2.45, 2.75) is 50.7 Å². The van der Waals surface area contributed by atoms with Gasteiger partial charge in [-0.05, 0) is 61.6 Å². The van der Waals surface area contributed by atoms with E-state index in [2.05, 4.69) is 10.2 Å². The molecule has 4 atom stereocenters. The van der Waals surface area contributed by atoms with Gasteiger partial charge in [0.1, 0.15) is 5.82 Å². The molecule has 3 N–H and O–H groups in total. The van der Waals surface area contributed by atoms with Gasteiger partial charge in [-0.3, -0.25) is 9.69 Å². The number of rotatable bonds is 4. The van der Waals surface area contributed by atoms with Crippen LogP contribution < -0.4 is 11.1 Å². The zero-order valence-electron chi connectivity index (χ0n) is 14.7. The third-order valence-corrected chi connectivity index (χ3v) is 6.54. The van der Waals surface area contributed by atoms with Crippen molar-refractivity contribution < 1.29 is 9.18 Å². The highest BCUT2D eigenvalue weighted by Crippen LogP contribution is 2.47. The molecule has 1 aliphatic heterocycles. The van der Waals surface area contributed by atoms with Crippen LogP contribution in [0.3, 0.4) is 0 Å². The minimum Gasteiger partial charge on any atom is -0.353 e. The maximum atomic E-state index is 13.0. The number of nitrogens with zero attached hydrogens (tertiary/aromatic N) is 1. The highest BCUT2D eigenvalue weighted by Gasteiger charge is 2.49. The third-order valence-electron chi connectivity index (χ3n) is 6.54. The van der Waals surface area contributed by atoms with Crippen molar-refractivity contribution in [2.24, 2.45) is 23.5 Å². The fourth-order valence-electron chi connectivity index (χ4n) is 5.11. The SMILES string of the molecule is NC1C2CCC(C2)C1C(=O)NC1CCN(Cc2ccc(F)cc2)CC1. The van der Waals surface area contributed by atoms with Crippen molar-refractivity contribution in [2.75, 3.05) is 13.1 Å². The van der Waals surface area contributed by atoms with Crippen molar-refractivity contribution in [3.8, 4) is 0 Å². The van der Waals surface area contributed by atoms with Gasteiger partial charge in [0.25, 0.3) is 0 Å². The lowest BCUT2D eigenvalue weighted by molar-refractivity contribution is -0.128. The first-order valence-corrected chi connectivity index (χ1v) is 9.63. The van der Waals surface area contributed by atoms with Gasteiger partial charge in [0.15, 0.2) is 0 Å². The zero-order valence-corrected chi connectivity index (χ0v) is 14.7. The minimum absolute atomic E-state index is 0.0380. The number of nitrogens with two attached hydrogens (primary N) is 1. The summed E-state index contributed by atoms with van der Waals surface area (Å²) < 4.78 is 13.0. The van der Waals surface area contributed by atoms with E-state index < -0.39 is 0 Å². The van der Waals surface area contributed by atoms with Crippen LogP contribution >= 0.6 is 0 Å². The lowest BCUT2D eigenvalue weighted by Crippen LogP contribution is -2.50. The molecule has 1 aromatic carbocycles. The molecule has 1 heterocycles. The standard InChI is InChI=1S/C20H28FN3O/c21-16-5-1-13(2-6-16)12-24-9-7-17(8-10-24)23-20(25)18-14-3-4-15(11-14)19(18)22/h1-2,5-6,14-15,17-19H,3-4,7-12,22H2,(H,23,25). The Kier molecular flexibility index (Phi) is 4.78. The fourth-order valence-corrected chi connectivity index (χ4v) is 5.11.